The fourth-order valence-electron chi connectivity index (χ4n) is 7.36. The smallest absolute Gasteiger partial charge is 0.261 e. The quantitative estimate of drug-likeness (QED) is 0.184. The van der Waals surface area contributed by atoms with Crippen LogP contribution in [0, 0.1) is 5.41 Å². The molecule has 1 N–H and O–H groups in total. The second-order valence-corrected chi connectivity index (χ2v) is 13.0. The predicted octanol–water partition coefficient (Wildman–Crippen LogP) is 5.36. The van der Waals surface area contributed by atoms with Gasteiger partial charge >= 0.3 is 0 Å². The molecule has 1 saturated carbocycles. The van der Waals surface area contributed by atoms with Crippen LogP contribution in [0.25, 0.3) is 21.5 Å². The van der Waals surface area contributed by atoms with Gasteiger partial charge in [-0.2, -0.15) is 0 Å². The Kier molecular flexibility index (Phi) is 7.50. The Hall–Kier alpha value is -4.40. The van der Waals surface area contributed by atoms with Crippen LogP contribution in [-0.4, -0.2) is 83.6 Å². The molecule has 8 nitrogen and oxygen atoms in total. The van der Waals surface area contributed by atoms with Crippen molar-refractivity contribution in [3.05, 3.63) is 95.1 Å². The van der Waals surface area contributed by atoms with Crippen molar-refractivity contribution >= 4 is 45.2 Å². The Morgan fingerprint density at radius 3 is 1.53 bits per heavy atom. The van der Waals surface area contributed by atoms with Crippen LogP contribution in [0.5, 0.6) is 0 Å². The van der Waals surface area contributed by atoms with Crippen molar-refractivity contribution in [2.45, 2.75) is 39.2 Å². The Balaban J connectivity index is 0.978. The highest BCUT2D eigenvalue weighted by Crippen LogP contribution is 2.41. The first kappa shape index (κ1) is 29.3. The van der Waals surface area contributed by atoms with Crippen molar-refractivity contribution in [2.75, 3.05) is 39.3 Å². The van der Waals surface area contributed by atoms with E-state index in [1.165, 1.54) is 9.80 Å². The van der Waals surface area contributed by atoms with Crippen molar-refractivity contribution in [1.29, 1.82) is 0 Å². The normalized spacial score (nSPS) is 17.2. The molecule has 0 saturated heterocycles. The Bertz CT molecular complexity index is 1760. The summed E-state index contributed by atoms with van der Waals surface area (Å²) in [6.45, 7) is 7.67. The van der Waals surface area contributed by atoms with Crippen molar-refractivity contribution in [1.82, 2.24) is 20.0 Å². The third-order valence-corrected chi connectivity index (χ3v) is 10.0. The second-order valence-electron chi connectivity index (χ2n) is 13.0. The molecule has 3 aliphatic rings. The predicted molar refractivity (Wildman–Crippen MR) is 174 cm³/mol. The fraction of sp³-hybridized carbons (Fsp3) is 0.351. The van der Waals surface area contributed by atoms with Crippen molar-refractivity contribution in [3.8, 4) is 0 Å². The minimum atomic E-state index is -0.240. The van der Waals surface area contributed by atoms with E-state index in [-0.39, 0.29) is 35.1 Å². The number of nitrogens with zero attached hydrogens (tertiary/aromatic N) is 3. The van der Waals surface area contributed by atoms with Crippen molar-refractivity contribution in [3.63, 3.8) is 0 Å². The van der Waals surface area contributed by atoms with E-state index in [1.807, 2.05) is 60.7 Å². The lowest BCUT2D eigenvalue weighted by Gasteiger charge is -2.47. The zero-order valence-electron chi connectivity index (χ0n) is 25.8. The monoisotopic (exact) mass is 602 g/mol. The number of rotatable bonds is 11. The van der Waals surface area contributed by atoms with Gasteiger partial charge in [0.15, 0.2) is 0 Å². The molecule has 230 valence electrons. The minimum Gasteiger partial charge on any atom is -0.314 e. The van der Waals surface area contributed by atoms with E-state index >= 15 is 0 Å². The van der Waals surface area contributed by atoms with Crippen LogP contribution in [0.4, 0.5) is 0 Å². The fourth-order valence-corrected chi connectivity index (χ4v) is 7.36. The highest BCUT2D eigenvalue weighted by atomic mass is 16.2. The van der Waals surface area contributed by atoms with Gasteiger partial charge in [0.1, 0.15) is 0 Å². The third kappa shape index (κ3) is 5.02. The molecule has 8 heteroatoms. The number of benzene rings is 4. The number of carbonyl (C=O) groups excluding carboxylic acids is 4. The summed E-state index contributed by atoms with van der Waals surface area (Å²) in [4.78, 5) is 58.6. The van der Waals surface area contributed by atoms with E-state index in [2.05, 4.69) is 24.1 Å². The lowest BCUT2D eigenvalue weighted by molar-refractivity contribution is 0.0400. The molecular weight excluding hydrogens is 564 g/mol. The standard InChI is InChI=1S/C37H38N4O4/c1-24(2)39(20-21-41-35(44)29-14-5-10-26-11-6-15-30(32(26)29)36(41)45)23-37(16-7-17-37)22-38-18-19-40-33(42)27-12-3-8-25-9-4-13-28(31(25)27)34(40)43/h3-6,8-15,24,38H,7,16-23H2,1-2H3. The van der Waals surface area contributed by atoms with Gasteiger partial charge in [0.25, 0.3) is 23.6 Å². The maximum atomic E-state index is 13.4. The summed E-state index contributed by atoms with van der Waals surface area (Å²) in [5.74, 6) is -0.936. The van der Waals surface area contributed by atoms with Gasteiger partial charge in [0, 0.05) is 78.3 Å². The molecule has 0 bridgehead atoms. The van der Waals surface area contributed by atoms with E-state index in [0.717, 1.165) is 53.9 Å². The average Bonchev–Trinajstić information content (AvgIpc) is 3.03. The summed E-state index contributed by atoms with van der Waals surface area (Å²) in [5, 5.41) is 6.87. The molecule has 1 fully saturated rings. The zero-order valence-corrected chi connectivity index (χ0v) is 25.8. The van der Waals surface area contributed by atoms with Crippen molar-refractivity contribution in [2.24, 2.45) is 5.41 Å². The molecule has 45 heavy (non-hydrogen) atoms. The Morgan fingerprint density at radius 2 is 1.13 bits per heavy atom. The van der Waals surface area contributed by atoms with Crippen LogP contribution in [0.1, 0.15) is 74.5 Å². The van der Waals surface area contributed by atoms with E-state index < -0.39 is 0 Å². The molecule has 0 atom stereocenters. The lowest BCUT2D eigenvalue weighted by atomic mass is 9.68. The SMILES string of the molecule is CC(C)N(CCN1C(=O)c2cccc3cccc(c23)C1=O)CC1(CNCCN2C(=O)c3cccc4cccc(c34)C2=O)CCC1. The molecule has 4 amide bonds. The highest BCUT2D eigenvalue weighted by molar-refractivity contribution is 6.26. The van der Waals surface area contributed by atoms with E-state index in [0.29, 0.717) is 48.4 Å². The van der Waals surface area contributed by atoms with Crippen molar-refractivity contribution < 1.29 is 19.2 Å². The Morgan fingerprint density at radius 1 is 0.689 bits per heavy atom. The molecule has 1 aliphatic carbocycles. The number of hydrogen-bond acceptors (Lipinski definition) is 6. The van der Waals surface area contributed by atoms with Crippen LogP contribution >= 0.6 is 0 Å². The summed E-state index contributed by atoms with van der Waals surface area (Å²) in [5.41, 5.74) is 2.40. The molecule has 0 spiro atoms. The summed E-state index contributed by atoms with van der Waals surface area (Å²) in [7, 11) is 0. The van der Waals surface area contributed by atoms with Gasteiger partial charge in [-0.1, -0.05) is 55.0 Å². The summed E-state index contributed by atoms with van der Waals surface area (Å²) in [6.07, 6.45) is 3.32. The zero-order chi connectivity index (χ0) is 31.3. The van der Waals surface area contributed by atoms with Gasteiger partial charge in [0.05, 0.1) is 0 Å². The summed E-state index contributed by atoms with van der Waals surface area (Å²) in [6, 6.07) is 22.7. The van der Waals surface area contributed by atoms with E-state index in [1.54, 1.807) is 12.1 Å². The van der Waals surface area contributed by atoms with Gasteiger partial charge in [-0.15, -0.1) is 0 Å². The average molecular weight is 603 g/mol. The van der Waals surface area contributed by atoms with Gasteiger partial charge in [-0.3, -0.25) is 33.9 Å². The van der Waals surface area contributed by atoms with Crippen LogP contribution in [-0.2, 0) is 0 Å². The molecule has 0 aromatic heterocycles. The van der Waals surface area contributed by atoms with Crippen LogP contribution in [0.2, 0.25) is 0 Å². The molecule has 2 heterocycles. The number of amides is 4. The van der Waals surface area contributed by atoms with Crippen LogP contribution < -0.4 is 5.32 Å². The van der Waals surface area contributed by atoms with E-state index in [9.17, 15) is 19.2 Å². The first-order valence-corrected chi connectivity index (χ1v) is 16.0. The Labute approximate surface area is 263 Å². The maximum absolute atomic E-state index is 13.4. The lowest BCUT2D eigenvalue weighted by Crippen LogP contribution is -2.53. The van der Waals surface area contributed by atoms with Gasteiger partial charge < -0.3 is 5.32 Å². The largest absolute Gasteiger partial charge is 0.314 e. The topological polar surface area (TPSA) is 90.0 Å². The molecular formula is C37H38N4O4. The molecule has 7 rings (SSSR count). The van der Waals surface area contributed by atoms with Gasteiger partial charge in [-0.05, 0) is 67.1 Å². The molecule has 0 unspecified atom stereocenters. The van der Waals surface area contributed by atoms with Crippen LogP contribution in [0.15, 0.2) is 72.8 Å². The summed E-state index contributed by atoms with van der Waals surface area (Å²) >= 11 is 0. The van der Waals surface area contributed by atoms with Crippen LogP contribution in [0.3, 0.4) is 0 Å². The summed E-state index contributed by atoms with van der Waals surface area (Å²) < 4.78 is 0. The molecule has 2 aliphatic heterocycles. The number of imide groups is 2. The maximum Gasteiger partial charge on any atom is 0.261 e. The van der Waals surface area contributed by atoms with Gasteiger partial charge in [-0.25, -0.2) is 0 Å². The minimum absolute atomic E-state index is 0.0620. The van der Waals surface area contributed by atoms with E-state index in [4.69, 9.17) is 0 Å². The third-order valence-electron chi connectivity index (χ3n) is 10.0. The second kappa shape index (κ2) is 11.5. The highest BCUT2D eigenvalue weighted by Gasteiger charge is 2.40. The first-order chi connectivity index (χ1) is 21.8. The molecule has 0 radical (unpaired) electrons. The number of carbonyl (C=O) groups is 4. The molecule has 4 aromatic rings. The van der Waals surface area contributed by atoms with Gasteiger partial charge in [0.2, 0.25) is 0 Å². The number of nitrogens with one attached hydrogen (secondary N) is 1. The first-order valence-electron chi connectivity index (χ1n) is 16.0. The number of hydrogen-bond donors (Lipinski definition) is 1. The molecule has 4 aromatic carbocycles.